The largest absolute Gasteiger partial charge is 0.389 e. The molecule has 0 aliphatic heterocycles. The van der Waals surface area contributed by atoms with E-state index >= 15 is 0 Å². The van der Waals surface area contributed by atoms with Gasteiger partial charge in [-0.3, -0.25) is 0 Å². The van der Waals surface area contributed by atoms with Gasteiger partial charge in [0.05, 0.1) is 23.9 Å². The van der Waals surface area contributed by atoms with E-state index in [4.69, 9.17) is 0 Å². The third kappa shape index (κ3) is 2.89. The monoisotopic (exact) mass is 262 g/mol. The molecule has 0 fully saturated rings. The molecule has 0 unspecified atom stereocenters. The Balaban J connectivity index is 2.09. The number of aliphatic hydroxyl groups excluding tert-OH is 1. The van der Waals surface area contributed by atoms with E-state index in [1.165, 1.54) is 4.88 Å². The molecule has 18 heavy (non-hydrogen) atoms. The number of aromatic nitrogens is 1. The van der Waals surface area contributed by atoms with E-state index in [0.29, 0.717) is 0 Å². The van der Waals surface area contributed by atoms with Crippen molar-refractivity contribution in [3.63, 3.8) is 0 Å². The van der Waals surface area contributed by atoms with Gasteiger partial charge in [-0.05, 0) is 31.5 Å². The lowest BCUT2D eigenvalue weighted by molar-refractivity contribution is 0.199. The summed E-state index contributed by atoms with van der Waals surface area (Å²) in [6, 6.07) is 8.02. The molecular weight excluding hydrogens is 244 g/mol. The van der Waals surface area contributed by atoms with E-state index < -0.39 is 6.10 Å². The van der Waals surface area contributed by atoms with Crippen LogP contribution in [0.25, 0.3) is 0 Å². The zero-order chi connectivity index (χ0) is 13.1. The Bertz CT molecular complexity index is 505. The molecule has 4 heteroatoms. The molecule has 3 nitrogen and oxygen atoms in total. The number of hydrogen-bond donors (Lipinski definition) is 1. The summed E-state index contributed by atoms with van der Waals surface area (Å²) in [7, 11) is 2.07. The summed E-state index contributed by atoms with van der Waals surface area (Å²) in [5.41, 5.74) is 5.08. The van der Waals surface area contributed by atoms with Gasteiger partial charge in [0.15, 0.2) is 0 Å². The summed E-state index contributed by atoms with van der Waals surface area (Å²) in [4.78, 5) is 7.74. The van der Waals surface area contributed by atoms with E-state index in [9.17, 15) is 5.11 Å². The molecule has 1 aromatic heterocycles. The van der Waals surface area contributed by atoms with Crippen molar-refractivity contribution >= 4 is 17.0 Å². The molecule has 1 atom stereocenters. The van der Waals surface area contributed by atoms with Crippen molar-refractivity contribution in [1.29, 1.82) is 0 Å². The number of aryl methyl sites for hydroxylation is 1. The third-order valence-electron chi connectivity index (χ3n) is 3.04. The first-order valence-electron chi connectivity index (χ1n) is 5.96. The van der Waals surface area contributed by atoms with E-state index in [0.717, 1.165) is 23.5 Å². The lowest BCUT2D eigenvalue weighted by Crippen LogP contribution is -2.16. The number of rotatable bonds is 4. The fraction of sp³-hybridized carbons (Fsp3) is 0.357. The predicted molar refractivity (Wildman–Crippen MR) is 76.0 cm³/mol. The Morgan fingerprint density at radius 2 is 2.00 bits per heavy atom. The number of benzene rings is 1. The van der Waals surface area contributed by atoms with E-state index in [-0.39, 0.29) is 0 Å². The standard InChI is InChI=1S/C14H18N2OS/c1-10-14(18-9-15-10)8-16(3)13-6-4-12(5-7-13)11(2)17/h4-7,9,11,17H,8H2,1-3H3/t11-/m1/s1. The highest BCUT2D eigenvalue weighted by atomic mass is 32.1. The van der Waals surface area contributed by atoms with Gasteiger partial charge in [0.2, 0.25) is 0 Å². The Morgan fingerprint density at radius 3 is 2.50 bits per heavy atom. The van der Waals surface area contributed by atoms with Crippen LogP contribution in [0, 0.1) is 6.92 Å². The molecule has 0 aliphatic rings. The maximum atomic E-state index is 9.48. The molecule has 0 saturated heterocycles. The molecule has 1 heterocycles. The second-order valence-corrected chi connectivity index (χ2v) is 5.42. The van der Waals surface area contributed by atoms with Gasteiger partial charge < -0.3 is 10.0 Å². The maximum absolute atomic E-state index is 9.48. The fourth-order valence-electron chi connectivity index (χ4n) is 1.79. The van der Waals surface area contributed by atoms with Gasteiger partial charge in [0, 0.05) is 17.6 Å². The summed E-state index contributed by atoms with van der Waals surface area (Å²) in [6.07, 6.45) is -0.409. The van der Waals surface area contributed by atoms with Crippen LogP contribution in [-0.2, 0) is 6.54 Å². The molecule has 0 bridgehead atoms. The number of hydrogen-bond acceptors (Lipinski definition) is 4. The van der Waals surface area contributed by atoms with Crippen LogP contribution >= 0.6 is 11.3 Å². The minimum Gasteiger partial charge on any atom is -0.389 e. The highest BCUT2D eigenvalue weighted by molar-refractivity contribution is 7.09. The van der Waals surface area contributed by atoms with Crippen molar-refractivity contribution in [2.75, 3.05) is 11.9 Å². The topological polar surface area (TPSA) is 36.4 Å². The SMILES string of the molecule is Cc1ncsc1CN(C)c1ccc([C@@H](C)O)cc1. The van der Waals surface area contributed by atoms with Crippen molar-refractivity contribution in [1.82, 2.24) is 4.98 Å². The molecular formula is C14H18N2OS. The molecule has 0 radical (unpaired) electrons. The van der Waals surface area contributed by atoms with Gasteiger partial charge in [-0.25, -0.2) is 4.98 Å². The number of nitrogens with zero attached hydrogens (tertiary/aromatic N) is 2. The van der Waals surface area contributed by atoms with Crippen LogP contribution in [0.4, 0.5) is 5.69 Å². The normalized spacial score (nSPS) is 12.4. The third-order valence-corrected chi connectivity index (χ3v) is 3.96. The predicted octanol–water partition coefficient (Wildman–Crippen LogP) is 3.14. The van der Waals surface area contributed by atoms with Crippen molar-refractivity contribution in [2.24, 2.45) is 0 Å². The molecule has 2 rings (SSSR count). The average Bonchev–Trinajstić information content (AvgIpc) is 2.75. The second kappa shape index (κ2) is 5.50. The molecule has 0 aliphatic carbocycles. The zero-order valence-electron chi connectivity index (χ0n) is 10.9. The first kappa shape index (κ1) is 13.1. The van der Waals surface area contributed by atoms with Crippen molar-refractivity contribution in [3.8, 4) is 0 Å². The minimum atomic E-state index is -0.409. The Hall–Kier alpha value is -1.39. The van der Waals surface area contributed by atoms with Crippen LogP contribution in [-0.4, -0.2) is 17.1 Å². The van der Waals surface area contributed by atoms with Gasteiger partial charge in [-0.15, -0.1) is 11.3 Å². The highest BCUT2D eigenvalue weighted by Gasteiger charge is 2.07. The van der Waals surface area contributed by atoms with Crippen LogP contribution in [0.5, 0.6) is 0 Å². The van der Waals surface area contributed by atoms with Crippen molar-refractivity contribution in [2.45, 2.75) is 26.5 Å². The second-order valence-electron chi connectivity index (χ2n) is 4.48. The van der Waals surface area contributed by atoms with Crippen LogP contribution < -0.4 is 4.90 Å². The summed E-state index contributed by atoms with van der Waals surface area (Å²) < 4.78 is 0. The number of thiazole rings is 1. The van der Waals surface area contributed by atoms with Crippen LogP contribution in [0.15, 0.2) is 29.8 Å². The fourth-order valence-corrected chi connectivity index (χ4v) is 2.62. The molecule has 2 aromatic rings. The van der Waals surface area contributed by atoms with Gasteiger partial charge >= 0.3 is 0 Å². The van der Waals surface area contributed by atoms with Crippen molar-refractivity contribution < 1.29 is 5.11 Å². The molecule has 1 N–H and O–H groups in total. The van der Waals surface area contributed by atoms with E-state index in [2.05, 4.69) is 16.9 Å². The quantitative estimate of drug-likeness (QED) is 0.919. The maximum Gasteiger partial charge on any atom is 0.0798 e. The summed E-state index contributed by atoms with van der Waals surface area (Å²) in [5, 5.41) is 9.48. The van der Waals surface area contributed by atoms with Crippen molar-refractivity contribution in [3.05, 3.63) is 45.9 Å². The first-order valence-corrected chi connectivity index (χ1v) is 6.84. The summed E-state index contributed by atoms with van der Waals surface area (Å²) >= 11 is 1.69. The minimum absolute atomic E-state index is 0.409. The lowest BCUT2D eigenvalue weighted by atomic mass is 10.1. The van der Waals surface area contributed by atoms with E-state index in [1.54, 1.807) is 18.3 Å². The van der Waals surface area contributed by atoms with Crippen LogP contribution in [0.2, 0.25) is 0 Å². The van der Waals surface area contributed by atoms with Gasteiger partial charge in [-0.2, -0.15) is 0 Å². The Morgan fingerprint density at radius 1 is 1.33 bits per heavy atom. The van der Waals surface area contributed by atoms with Gasteiger partial charge in [0.1, 0.15) is 0 Å². The van der Waals surface area contributed by atoms with Gasteiger partial charge in [-0.1, -0.05) is 12.1 Å². The Kier molecular flexibility index (Phi) is 3.99. The molecule has 96 valence electrons. The Labute approximate surface area is 112 Å². The number of aliphatic hydroxyl groups is 1. The smallest absolute Gasteiger partial charge is 0.0798 e. The summed E-state index contributed by atoms with van der Waals surface area (Å²) in [6.45, 7) is 4.68. The highest BCUT2D eigenvalue weighted by Crippen LogP contribution is 2.21. The van der Waals surface area contributed by atoms with Crippen LogP contribution in [0.1, 0.15) is 29.2 Å². The molecule has 1 aromatic carbocycles. The van der Waals surface area contributed by atoms with E-state index in [1.807, 2.05) is 36.7 Å². The summed E-state index contributed by atoms with van der Waals surface area (Å²) in [5.74, 6) is 0. The van der Waals surface area contributed by atoms with Crippen LogP contribution in [0.3, 0.4) is 0 Å². The zero-order valence-corrected chi connectivity index (χ0v) is 11.7. The average molecular weight is 262 g/mol. The molecule has 0 spiro atoms. The molecule has 0 saturated carbocycles. The first-order chi connectivity index (χ1) is 8.58. The molecule has 0 amide bonds. The van der Waals surface area contributed by atoms with Gasteiger partial charge in [0.25, 0.3) is 0 Å². The number of anilines is 1. The lowest BCUT2D eigenvalue weighted by Gasteiger charge is -2.19.